The highest BCUT2D eigenvalue weighted by Gasteiger charge is 2.05. The molecule has 1 N–H and O–H groups in total. The molecule has 0 aliphatic heterocycles. The van der Waals surface area contributed by atoms with Gasteiger partial charge in [0.2, 0.25) is 0 Å². The Bertz CT molecular complexity index is 532. The summed E-state index contributed by atoms with van der Waals surface area (Å²) in [4.78, 5) is 0. The first-order chi connectivity index (χ1) is 10.2. The van der Waals surface area contributed by atoms with Crippen molar-refractivity contribution in [1.29, 1.82) is 0 Å². The maximum atomic E-state index is 5.29. The molecule has 2 rings (SSSR count). The van der Waals surface area contributed by atoms with Crippen LogP contribution in [0.25, 0.3) is 0 Å². The molecule has 3 heteroatoms. The van der Waals surface area contributed by atoms with Crippen molar-refractivity contribution in [2.75, 3.05) is 20.8 Å². The third kappa shape index (κ3) is 4.50. The molecule has 21 heavy (non-hydrogen) atoms. The Morgan fingerprint density at radius 2 is 1.57 bits per heavy atom. The van der Waals surface area contributed by atoms with Crippen LogP contribution in [0.4, 0.5) is 0 Å². The third-order valence-electron chi connectivity index (χ3n) is 3.56. The summed E-state index contributed by atoms with van der Waals surface area (Å²) in [6.45, 7) is 3.96. The van der Waals surface area contributed by atoms with Gasteiger partial charge in [-0.2, -0.15) is 0 Å². The zero-order chi connectivity index (χ0) is 15.1. The number of hydrogen-bond donors (Lipinski definition) is 1. The molecule has 0 saturated heterocycles. The predicted octanol–water partition coefficient (Wildman–Crippen LogP) is 3.60. The van der Waals surface area contributed by atoms with Gasteiger partial charge in [0.15, 0.2) is 0 Å². The first-order valence-corrected chi connectivity index (χ1v) is 7.20. The van der Waals surface area contributed by atoms with E-state index < -0.39 is 0 Å². The van der Waals surface area contributed by atoms with Gasteiger partial charge in [-0.15, -0.1) is 0 Å². The normalized spacial score (nSPS) is 12.0. The Labute approximate surface area is 126 Å². The van der Waals surface area contributed by atoms with Gasteiger partial charge in [0, 0.05) is 19.2 Å². The van der Waals surface area contributed by atoms with E-state index in [0.717, 1.165) is 30.2 Å². The fourth-order valence-corrected chi connectivity index (χ4v) is 2.30. The largest absolute Gasteiger partial charge is 0.497 e. The molecular weight excluding hydrogens is 262 g/mol. The molecule has 2 aromatic carbocycles. The lowest BCUT2D eigenvalue weighted by Crippen LogP contribution is -2.19. The topological polar surface area (TPSA) is 30.5 Å². The van der Waals surface area contributed by atoms with Crippen molar-refractivity contribution in [1.82, 2.24) is 5.32 Å². The van der Waals surface area contributed by atoms with E-state index in [2.05, 4.69) is 36.5 Å². The number of benzene rings is 2. The lowest BCUT2D eigenvalue weighted by atomic mass is 10.0. The second-order valence-electron chi connectivity index (χ2n) is 5.16. The van der Waals surface area contributed by atoms with Gasteiger partial charge in [0.1, 0.15) is 11.5 Å². The van der Waals surface area contributed by atoms with Gasteiger partial charge in [0.25, 0.3) is 0 Å². The molecule has 0 spiro atoms. The molecule has 0 heterocycles. The van der Waals surface area contributed by atoms with Crippen LogP contribution in [0.1, 0.15) is 24.0 Å². The molecule has 0 fully saturated rings. The Hall–Kier alpha value is -2.00. The van der Waals surface area contributed by atoms with Crippen LogP contribution in [0.3, 0.4) is 0 Å². The molecule has 0 saturated carbocycles. The molecular formula is C18H23NO2. The van der Waals surface area contributed by atoms with Gasteiger partial charge in [0.05, 0.1) is 14.2 Å². The van der Waals surface area contributed by atoms with Gasteiger partial charge in [-0.25, -0.2) is 0 Å². The fourth-order valence-electron chi connectivity index (χ4n) is 2.30. The standard InChI is InChI=1S/C18H23NO2/c1-14(16-7-5-4-6-8-16)12-19-13-15-9-17(20-2)11-18(10-15)21-3/h4-11,14,19H,12-13H2,1-3H3. The second-order valence-corrected chi connectivity index (χ2v) is 5.16. The summed E-state index contributed by atoms with van der Waals surface area (Å²) < 4.78 is 10.6. The maximum Gasteiger partial charge on any atom is 0.122 e. The maximum absolute atomic E-state index is 5.29. The number of rotatable bonds is 7. The zero-order valence-electron chi connectivity index (χ0n) is 12.9. The minimum atomic E-state index is 0.485. The highest BCUT2D eigenvalue weighted by Crippen LogP contribution is 2.22. The van der Waals surface area contributed by atoms with Gasteiger partial charge in [-0.1, -0.05) is 37.3 Å². The average molecular weight is 285 g/mol. The van der Waals surface area contributed by atoms with Crippen molar-refractivity contribution < 1.29 is 9.47 Å². The summed E-state index contributed by atoms with van der Waals surface area (Å²) in [6.07, 6.45) is 0. The summed E-state index contributed by atoms with van der Waals surface area (Å²) in [6, 6.07) is 16.5. The van der Waals surface area contributed by atoms with Crippen LogP contribution >= 0.6 is 0 Å². The van der Waals surface area contributed by atoms with Crippen LogP contribution in [0.5, 0.6) is 11.5 Å². The van der Waals surface area contributed by atoms with Crippen LogP contribution < -0.4 is 14.8 Å². The van der Waals surface area contributed by atoms with Gasteiger partial charge >= 0.3 is 0 Å². The summed E-state index contributed by atoms with van der Waals surface area (Å²) in [7, 11) is 3.34. The summed E-state index contributed by atoms with van der Waals surface area (Å²) >= 11 is 0. The van der Waals surface area contributed by atoms with Crippen molar-refractivity contribution in [3.8, 4) is 11.5 Å². The zero-order valence-corrected chi connectivity index (χ0v) is 12.9. The molecule has 0 amide bonds. The Morgan fingerprint density at radius 3 is 2.14 bits per heavy atom. The van der Waals surface area contributed by atoms with Crippen molar-refractivity contribution in [3.05, 3.63) is 59.7 Å². The van der Waals surface area contributed by atoms with Crippen molar-refractivity contribution >= 4 is 0 Å². The lowest BCUT2D eigenvalue weighted by molar-refractivity contribution is 0.393. The molecule has 1 atom stereocenters. The van der Waals surface area contributed by atoms with Crippen LogP contribution in [-0.2, 0) is 6.54 Å². The number of methoxy groups -OCH3 is 2. The van der Waals surface area contributed by atoms with E-state index in [1.54, 1.807) is 14.2 Å². The quantitative estimate of drug-likeness (QED) is 0.843. The van der Waals surface area contributed by atoms with Gasteiger partial charge in [-0.3, -0.25) is 0 Å². The van der Waals surface area contributed by atoms with E-state index >= 15 is 0 Å². The molecule has 2 aromatic rings. The smallest absolute Gasteiger partial charge is 0.122 e. The molecule has 1 unspecified atom stereocenters. The van der Waals surface area contributed by atoms with Crippen molar-refractivity contribution in [3.63, 3.8) is 0 Å². The minimum absolute atomic E-state index is 0.485. The molecule has 0 radical (unpaired) electrons. The Morgan fingerprint density at radius 1 is 0.952 bits per heavy atom. The van der Waals surface area contributed by atoms with Gasteiger partial charge < -0.3 is 14.8 Å². The van der Waals surface area contributed by atoms with E-state index in [0.29, 0.717) is 5.92 Å². The molecule has 112 valence electrons. The predicted molar refractivity (Wildman–Crippen MR) is 86.1 cm³/mol. The molecule has 3 nitrogen and oxygen atoms in total. The first-order valence-electron chi connectivity index (χ1n) is 7.20. The van der Waals surface area contributed by atoms with Crippen LogP contribution in [0.15, 0.2) is 48.5 Å². The number of hydrogen-bond acceptors (Lipinski definition) is 3. The third-order valence-corrected chi connectivity index (χ3v) is 3.56. The molecule has 0 aromatic heterocycles. The minimum Gasteiger partial charge on any atom is -0.497 e. The lowest BCUT2D eigenvalue weighted by Gasteiger charge is -2.14. The highest BCUT2D eigenvalue weighted by molar-refractivity contribution is 5.38. The van der Waals surface area contributed by atoms with Crippen LogP contribution in [0, 0.1) is 0 Å². The average Bonchev–Trinajstić information content (AvgIpc) is 2.55. The Kier molecular flexibility index (Phi) is 5.64. The second kappa shape index (κ2) is 7.70. The Balaban J connectivity index is 1.91. The van der Waals surface area contributed by atoms with E-state index in [9.17, 15) is 0 Å². The summed E-state index contributed by atoms with van der Waals surface area (Å²) in [5.41, 5.74) is 2.51. The van der Waals surface area contributed by atoms with Gasteiger partial charge in [-0.05, 0) is 29.2 Å². The van der Waals surface area contributed by atoms with Crippen LogP contribution in [0.2, 0.25) is 0 Å². The summed E-state index contributed by atoms with van der Waals surface area (Å²) in [5.74, 6) is 2.13. The molecule has 0 aliphatic carbocycles. The van der Waals surface area contributed by atoms with E-state index in [1.165, 1.54) is 5.56 Å². The van der Waals surface area contributed by atoms with Crippen molar-refractivity contribution in [2.45, 2.75) is 19.4 Å². The fraction of sp³-hybridized carbons (Fsp3) is 0.333. The monoisotopic (exact) mass is 285 g/mol. The van der Waals surface area contributed by atoms with E-state index in [-0.39, 0.29) is 0 Å². The molecule has 0 bridgehead atoms. The SMILES string of the molecule is COc1cc(CNCC(C)c2ccccc2)cc(OC)c1. The number of ether oxygens (including phenoxy) is 2. The van der Waals surface area contributed by atoms with E-state index in [1.807, 2.05) is 24.3 Å². The summed E-state index contributed by atoms with van der Waals surface area (Å²) in [5, 5.41) is 3.49. The molecule has 0 aliphatic rings. The van der Waals surface area contributed by atoms with E-state index in [4.69, 9.17) is 9.47 Å². The van der Waals surface area contributed by atoms with Crippen LogP contribution in [-0.4, -0.2) is 20.8 Å². The van der Waals surface area contributed by atoms with Crippen molar-refractivity contribution in [2.24, 2.45) is 0 Å². The first kappa shape index (κ1) is 15.4. The number of nitrogens with one attached hydrogen (secondary N) is 1. The highest BCUT2D eigenvalue weighted by atomic mass is 16.5.